The number of aliphatic carboxylic acids is 1. The molecule has 21 heavy (non-hydrogen) atoms. The fraction of sp³-hybridized carbons (Fsp3) is 0.471. The molecule has 0 saturated heterocycles. The molecule has 1 rings (SSSR count). The van der Waals surface area contributed by atoms with Crippen molar-refractivity contribution < 1.29 is 14.7 Å². The summed E-state index contributed by atoms with van der Waals surface area (Å²) in [7, 11) is 0. The van der Waals surface area contributed by atoms with Gasteiger partial charge in [0.25, 0.3) is 0 Å². The zero-order chi connectivity index (χ0) is 15.7. The van der Waals surface area contributed by atoms with E-state index in [1.165, 1.54) is 0 Å². The fourth-order valence-electron chi connectivity index (χ4n) is 2.24. The van der Waals surface area contributed by atoms with Crippen LogP contribution in [0.15, 0.2) is 42.5 Å². The van der Waals surface area contributed by atoms with Crippen molar-refractivity contribution in [2.75, 3.05) is 0 Å². The third kappa shape index (κ3) is 6.56. The molecule has 1 aromatic rings. The SMILES string of the molecule is C=C(C)CC(C(=O)O)[C@H](CCC)NOCc1ccccc1. The quantitative estimate of drug-likeness (QED) is 0.511. The molecule has 0 fully saturated rings. The third-order valence-electron chi connectivity index (χ3n) is 3.29. The van der Waals surface area contributed by atoms with E-state index in [9.17, 15) is 9.90 Å². The van der Waals surface area contributed by atoms with E-state index < -0.39 is 11.9 Å². The van der Waals surface area contributed by atoms with Crippen LogP contribution in [0.3, 0.4) is 0 Å². The third-order valence-corrected chi connectivity index (χ3v) is 3.29. The van der Waals surface area contributed by atoms with Crippen LogP contribution in [0.1, 0.15) is 38.7 Å². The summed E-state index contributed by atoms with van der Waals surface area (Å²) in [6.45, 7) is 8.12. The van der Waals surface area contributed by atoms with Gasteiger partial charge in [-0.25, -0.2) is 0 Å². The lowest BCUT2D eigenvalue weighted by molar-refractivity contribution is -0.145. The predicted molar refractivity (Wildman–Crippen MR) is 83.6 cm³/mol. The van der Waals surface area contributed by atoms with Crippen LogP contribution >= 0.6 is 0 Å². The number of allylic oxidation sites excluding steroid dienone is 1. The minimum atomic E-state index is -0.813. The molecule has 0 aliphatic heterocycles. The first-order valence-electron chi connectivity index (χ1n) is 7.33. The fourth-order valence-corrected chi connectivity index (χ4v) is 2.24. The molecule has 4 nitrogen and oxygen atoms in total. The van der Waals surface area contributed by atoms with E-state index in [0.717, 1.165) is 24.0 Å². The van der Waals surface area contributed by atoms with Crippen molar-refractivity contribution in [3.63, 3.8) is 0 Å². The second-order valence-corrected chi connectivity index (χ2v) is 5.39. The van der Waals surface area contributed by atoms with Crippen LogP contribution in [-0.2, 0) is 16.2 Å². The molecular weight excluding hydrogens is 266 g/mol. The Hall–Kier alpha value is -1.65. The molecule has 0 aliphatic rings. The summed E-state index contributed by atoms with van der Waals surface area (Å²) < 4.78 is 0. The molecule has 116 valence electrons. The van der Waals surface area contributed by atoms with Crippen LogP contribution in [0, 0.1) is 5.92 Å². The lowest BCUT2D eigenvalue weighted by Gasteiger charge is -2.24. The van der Waals surface area contributed by atoms with Gasteiger partial charge in [0.05, 0.1) is 12.5 Å². The molecule has 0 bridgehead atoms. The van der Waals surface area contributed by atoms with Gasteiger partial charge in [-0.3, -0.25) is 9.63 Å². The van der Waals surface area contributed by atoms with E-state index in [0.29, 0.717) is 13.0 Å². The van der Waals surface area contributed by atoms with E-state index in [1.807, 2.05) is 44.2 Å². The standard InChI is InChI=1S/C17H25NO3/c1-4-8-16(15(17(19)20)11-13(2)3)18-21-12-14-9-6-5-7-10-14/h5-7,9-10,15-16,18H,2,4,8,11-12H2,1,3H3,(H,19,20)/t15?,16-/m0/s1. The van der Waals surface area contributed by atoms with E-state index in [1.54, 1.807) is 0 Å². The van der Waals surface area contributed by atoms with Gasteiger partial charge in [-0.2, -0.15) is 5.48 Å². The molecule has 1 aromatic carbocycles. The average Bonchev–Trinajstić information content (AvgIpc) is 2.45. The Bertz CT molecular complexity index is 445. The molecule has 4 heteroatoms. The van der Waals surface area contributed by atoms with Gasteiger partial charge in [0, 0.05) is 6.04 Å². The highest BCUT2D eigenvalue weighted by Gasteiger charge is 2.27. The Morgan fingerprint density at radius 1 is 1.38 bits per heavy atom. The molecule has 0 aromatic heterocycles. The molecule has 0 heterocycles. The Balaban J connectivity index is 2.58. The largest absolute Gasteiger partial charge is 0.481 e. The Kier molecular flexibility index (Phi) is 7.72. The highest BCUT2D eigenvalue weighted by atomic mass is 16.6. The normalized spacial score (nSPS) is 13.6. The van der Waals surface area contributed by atoms with Crippen molar-refractivity contribution in [3.8, 4) is 0 Å². The molecule has 2 N–H and O–H groups in total. The van der Waals surface area contributed by atoms with Crippen LogP contribution in [0.4, 0.5) is 0 Å². The van der Waals surface area contributed by atoms with E-state index in [-0.39, 0.29) is 6.04 Å². The Morgan fingerprint density at radius 2 is 2.05 bits per heavy atom. The maximum Gasteiger partial charge on any atom is 0.308 e. The second-order valence-electron chi connectivity index (χ2n) is 5.39. The van der Waals surface area contributed by atoms with Gasteiger partial charge in [-0.05, 0) is 25.3 Å². The van der Waals surface area contributed by atoms with Gasteiger partial charge >= 0.3 is 5.97 Å². The molecule has 0 saturated carbocycles. The topological polar surface area (TPSA) is 58.6 Å². The van der Waals surface area contributed by atoms with Gasteiger partial charge < -0.3 is 5.11 Å². The Labute approximate surface area is 126 Å². The molecule has 0 amide bonds. The van der Waals surface area contributed by atoms with Crippen LogP contribution < -0.4 is 5.48 Å². The minimum absolute atomic E-state index is 0.215. The van der Waals surface area contributed by atoms with Crippen molar-refractivity contribution >= 4 is 5.97 Å². The van der Waals surface area contributed by atoms with E-state index >= 15 is 0 Å². The highest BCUT2D eigenvalue weighted by Crippen LogP contribution is 2.18. The number of hydrogen-bond donors (Lipinski definition) is 2. The lowest BCUT2D eigenvalue weighted by atomic mass is 9.91. The van der Waals surface area contributed by atoms with Gasteiger partial charge in [-0.1, -0.05) is 49.2 Å². The molecule has 2 atom stereocenters. The minimum Gasteiger partial charge on any atom is -0.481 e. The van der Waals surface area contributed by atoms with Gasteiger partial charge in [0.1, 0.15) is 0 Å². The molecule has 0 aliphatic carbocycles. The predicted octanol–water partition coefficient (Wildman–Crippen LogP) is 3.54. The van der Waals surface area contributed by atoms with Gasteiger partial charge in [0.15, 0.2) is 0 Å². The summed E-state index contributed by atoms with van der Waals surface area (Å²) in [6.07, 6.45) is 2.10. The zero-order valence-electron chi connectivity index (χ0n) is 12.8. The first kappa shape index (κ1) is 17.4. The number of carboxylic acid groups (broad SMARTS) is 1. The van der Waals surface area contributed by atoms with E-state index in [4.69, 9.17) is 4.84 Å². The summed E-state index contributed by atoms with van der Waals surface area (Å²) in [4.78, 5) is 17.0. The van der Waals surface area contributed by atoms with Gasteiger partial charge in [-0.15, -0.1) is 6.58 Å². The number of rotatable bonds is 10. The molecular formula is C17H25NO3. The second kappa shape index (κ2) is 9.32. The van der Waals surface area contributed by atoms with Gasteiger partial charge in [0.2, 0.25) is 0 Å². The van der Waals surface area contributed by atoms with Crippen molar-refractivity contribution in [2.24, 2.45) is 5.92 Å². The number of hydroxylamine groups is 1. The average molecular weight is 291 g/mol. The smallest absolute Gasteiger partial charge is 0.308 e. The number of hydrogen-bond acceptors (Lipinski definition) is 3. The van der Waals surface area contributed by atoms with Crippen molar-refractivity contribution in [1.29, 1.82) is 0 Å². The van der Waals surface area contributed by atoms with Crippen LogP contribution in [0.2, 0.25) is 0 Å². The van der Waals surface area contributed by atoms with Crippen LogP contribution in [0.5, 0.6) is 0 Å². The lowest BCUT2D eigenvalue weighted by Crippen LogP contribution is -2.40. The molecule has 0 radical (unpaired) electrons. The summed E-state index contributed by atoms with van der Waals surface area (Å²) >= 11 is 0. The van der Waals surface area contributed by atoms with Crippen LogP contribution in [-0.4, -0.2) is 17.1 Å². The zero-order valence-corrected chi connectivity index (χ0v) is 12.8. The van der Waals surface area contributed by atoms with Crippen molar-refractivity contribution in [2.45, 2.75) is 45.8 Å². The summed E-state index contributed by atoms with van der Waals surface area (Å²) in [5.41, 5.74) is 4.85. The summed E-state index contributed by atoms with van der Waals surface area (Å²) in [5, 5.41) is 9.40. The maximum atomic E-state index is 11.4. The van der Waals surface area contributed by atoms with Crippen LogP contribution in [0.25, 0.3) is 0 Å². The monoisotopic (exact) mass is 291 g/mol. The molecule has 1 unspecified atom stereocenters. The first-order chi connectivity index (χ1) is 10.0. The summed E-state index contributed by atoms with van der Waals surface area (Å²) in [5.74, 6) is -1.33. The number of carboxylic acids is 1. The highest BCUT2D eigenvalue weighted by molar-refractivity contribution is 5.71. The van der Waals surface area contributed by atoms with Crippen molar-refractivity contribution in [1.82, 2.24) is 5.48 Å². The van der Waals surface area contributed by atoms with E-state index in [2.05, 4.69) is 12.1 Å². The van der Waals surface area contributed by atoms with Crippen molar-refractivity contribution in [3.05, 3.63) is 48.0 Å². The Morgan fingerprint density at radius 3 is 2.57 bits per heavy atom. The first-order valence-corrected chi connectivity index (χ1v) is 7.33. The maximum absolute atomic E-state index is 11.4. The number of carbonyl (C=O) groups is 1. The number of benzene rings is 1. The summed E-state index contributed by atoms with van der Waals surface area (Å²) in [6, 6.07) is 9.57. The number of nitrogens with one attached hydrogen (secondary N) is 1. The molecule has 0 spiro atoms.